The van der Waals surface area contributed by atoms with Crippen LogP contribution in [0.2, 0.25) is 0 Å². The Balaban J connectivity index is 1.40. The molecule has 206 valence electrons. The number of fused-ring (bicyclic) bond motifs is 1. The minimum atomic E-state index is -0.449. The molecular weight excluding hydrogens is 502 g/mol. The summed E-state index contributed by atoms with van der Waals surface area (Å²) in [6.45, 7) is 0.197. The number of amides is 1. The molecule has 0 unspecified atom stereocenters. The summed E-state index contributed by atoms with van der Waals surface area (Å²) in [5.41, 5.74) is 1.55. The number of nitrogens with zero attached hydrogens (tertiary/aromatic N) is 2. The van der Waals surface area contributed by atoms with Crippen molar-refractivity contribution in [2.75, 3.05) is 13.2 Å². The van der Waals surface area contributed by atoms with Gasteiger partial charge in [-0.2, -0.15) is 0 Å². The molecule has 1 heterocycles. The number of ether oxygens (including phenoxy) is 1. The largest absolute Gasteiger partial charge is 0.481 e. The highest BCUT2D eigenvalue weighted by molar-refractivity contribution is 5.95. The van der Waals surface area contributed by atoms with E-state index in [1.165, 1.54) is 16.3 Å². The summed E-state index contributed by atoms with van der Waals surface area (Å²) in [6, 6.07) is 24.4. The first-order chi connectivity index (χ1) is 19.6. The van der Waals surface area contributed by atoms with Crippen LogP contribution in [0, 0.1) is 0 Å². The highest BCUT2D eigenvalue weighted by Crippen LogP contribution is 2.45. The maximum absolute atomic E-state index is 13.8. The van der Waals surface area contributed by atoms with Gasteiger partial charge in [-0.05, 0) is 47.6 Å². The first kappa shape index (κ1) is 26.3. The molecule has 4 aromatic rings. The Morgan fingerprint density at radius 2 is 1.73 bits per heavy atom. The second kappa shape index (κ2) is 11.3. The van der Waals surface area contributed by atoms with Gasteiger partial charge in [-0.25, -0.2) is 4.98 Å². The fourth-order valence-electron chi connectivity index (χ4n) is 6.28. The molecule has 6 rings (SSSR count). The van der Waals surface area contributed by atoms with Crippen LogP contribution in [0.3, 0.4) is 0 Å². The third kappa shape index (κ3) is 5.26. The molecule has 2 saturated carbocycles. The number of carbonyl (C=O) groups is 1. The summed E-state index contributed by atoms with van der Waals surface area (Å²) in [5.74, 6) is 0.0689. The molecule has 3 aromatic carbocycles. The van der Waals surface area contributed by atoms with Crippen LogP contribution in [-0.4, -0.2) is 45.1 Å². The van der Waals surface area contributed by atoms with Crippen LogP contribution in [-0.2, 0) is 18.4 Å². The first-order valence-electron chi connectivity index (χ1n) is 14.3. The predicted molar refractivity (Wildman–Crippen MR) is 155 cm³/mol. The van der Waals surface area contributed by atoms with Crippen molar-refractivity contribution in [1.82, 2.24) is 14.9 Å². The number of hydrogen-bond donors (Lipinski definition) is 2. The lowest BCUT2D eigenvalue weighted by Gasteiger charge is -2.31. The van der Waals surface area contributed by atoms with E-state index in [0.717, 1.165) is 44.1 Å². The van der Waals surface area contributed by atoms with Crippen LogP contribution in [0.5, 0.6) is 5.75 Å². The summed E-state index contributed by atoms with van der Waals surface area (Å²) in [5, 5.41) is 12.1. The van der Waals surface area contributed by atoms with Crippen LogP contribution in [0.1, 0.15) is 66.0 Å². The van der Waals surface area contributed by atoms with Gasteiger partial charge in [-0.3, -0.25) is 9.59 Å². The quantitative estimate of drug-likeness (QED) is 0.292. The zero-order valence-corrected chi connectivity index (χ0v) is 22.6. The van der Waals surface area contributed by atoms with Gasteiger partial charge >= 0.3 is 0 Å². The SMILES string of the molecule is O=C(c1nc(CC2(c3cccc4ccccc34)CCCC2)[nH]c(=O)c1OCc1ccccc1)N(CCO)C1CC1. The number of H-pyrrole nitrogens is 1. The van der Waals surface area contributed by atoms with Gasteiger partial charge in [0.25, 0.3) is 11.5 Å². The minimum Gasteiger partial charge on any atom is -0.481 e. The van der Waals surface area contributed by atoms with E-state index in [0.29, 0.717) is 12.2 Å². The highest BCUT2D eigenvalue weighted by atomic mass is 16.5. The van der Waals surface area contributed by atoms with Crippen molar-refractivity contribution in [2.45, 2.75) is 63.0 Å². The van der Waals surface area contributed by atoms with Gasteiger partial charge in [-0.15, -0.1) is 0 Å². The van der Waals surface area contributed by atoms with E-state index in [1.54, 1.807) is 4.90 Å². The standard InChI is InChI=1S/C33H35N3O4/c37-20-19-36(25-15-16-25)32(39)29-30(40-22-23-9-2-1-3-10-23)31(38)35-28(34-29)21-33(17-6-7-18-33)27-14-8-12-24-11-4-5-13-26(24)27/h1-5,8-14,25,37H,6-7,15-22H2,(H,34,35,38). The van der Waals surface area contributed by atoms with Crippen LogP contribution >= 0.6 is 0 Å². The summed E-state index contributed by atoms with van der Waals surface area (Å²) in [6.07, 6.45) is 6.46. The minimum absolute atomic E-state index is 0.0288. The van der Waals surface area contributed by atoms with Crippen molar-refractivity contribution >= 4 is 16.7 Å². The van der Waals surface area contributed by atoms with Crippen molar-refractivity contribution in [3.05, 3.63) is 106 Å². The summed E-state index contributed by atoms with van der Waals surface area (Å²) >= 11 is 0. The topological polar surface area (TPSA) is 95.5 Å². The van der Waals surface area contributed by atoms with Crippen molar-refractivity contribution < 1.29 is 14.6 Å². The Labute approximate surface area is 233 Å². The number of aromatic nitrogens is 2. The van der Waals surface area contributed by atoms with E-state index < -0.39 is 5.56 Å². The average Bonchev–Trinajstić information content (AvgIpc) is 3.72. The first-order valence-corrected chi connectivity index (χ1v) is 14.3. The number of benzene rings is 3. The summed E-state index contributed by atoms with van der Waals surface area (Å²) < 4.78 is 5.98. The Kier molecular flexibility index (Phi) is 7.39. The smallest absolute Gasteiger partial charge is 0.294 e. The number of carbonyl (C=O) groups excluding carboxylic acids is 1. The van der Waals surface area contributed by atoms with E-state index in [-0.39, 0.29) is 48.6 Å². The zero-order valence-electron chi connectivity index (χ0n) is 22.6. The molecule has 7 nitrogen and oxygen atoms in total. The number of aliphatic hydroxyl groups is 1. The lowest BCUT2D eigenvalue weighted by molar-refractivity contribution is 0.0695. The van der Waals surface area contributed by atoms with E-state index in [4.69, 9.17) is 9.72 Å². The van der Waals surface area contributed by atoms with Crippen LogP contribution in [0.4, 0.5) is 0 Å². The molecule has 2 N–H and O–H groups in total. The highest BCUT2D eigenvalue weighted by Gasteiger charge is 2.39. The molecule has 2 aliphatic rings. The van der Waals surface area contributed by atoms with Crippen molar-refractivity contribution in [2.24, 2.45) is 0 Å². The fraction of sp³-hybridized carbons (Fsp3) is 0.364. The lowest BCUT2D eigenvalue weighted by Crippen LogP contribution is -2.38. The molecule has 0 saturated heterocycles. The van der Waals surface area contributed by atoms with E-state index >= 15 is 0 Å². The molecule has 2 aliphatic carbocycles. The second-order valence-corrected chi connectivity index (χ2v) is 11.1. The molecule has 0 atom stereocenters. The number of hydrogen-bond acceptors (Lipinski definition) is 5. The Bertz CT molecular complexity index is 1550. The van der Waals surface area contributed by atoms with Crippen molar-refractivity contribution in [1.29, 1.82) is 0 Å². The Morgan fingerprint density at radius 1 is 1.00 bits per heavy atom. The monoisotopic (exact) mass is 537 g/mol. The van der Waals surface area contributed by atoms with Gasteiger partial charge in [0, 0.05) is 24.4 Å². The Hall–Kier alpha value is -3.97. The molecule has 1 aromatic heterocycles. The molecule has 0 bridgehead atoms. The van der Waals surface area contributed by atoms with Gasteiger partial charge in [0.05, 0.1) is 6.61 Å². The van der Waals surface area contributed by atoms with E-state index in [2.05, 4.69) is 47.4 Å². The third-order valence-electron chi connectivity index (χ3n) is 8.37. The zero-order chi connectivity index (χ0) is 27.5. The predicted octanol–water partition coefficient (Wildman–Crippen LogP) is 5.15. The third-order valence-corrected chi connectivity index (χ3v) is 8.37. The summed E-state index contributed by atoms with van der Waals surface area (Å²) in [4.78, 5) is 36.8. The van der Waals surface area contributed by atoms with E-state index in [9.17, 15) is 14.7 Å². The number of aromatic amines is 1. The Morgan fingerprint density at radius 3 is 2.48 bits per heavy atom. The maximum atomic E-state index is 13.8. The van der Waals surface area contributed by atoms with Crippen LogP contribution < -0.4 is 10.3 Å². The van der Waals surface area contributed by atoms with Gasteiger partial charge in [0.2, 0.25) is 5.75 Å². The van der Waals surface area contributed by atoms with Gasteiger partial charge in [0.15, 0.2) is 5.69 Å². The molecule has 40 heavy (non-hydrogen) atoms. The molecular formula is C33H35N3O4. The second-order valence-electron chi connectivity index (χ2n) is 11.1. The molecule has 0 aliphatic heterocycles. The van der Waals surface area contributed by atoms with E-state index in [1.807, 2.05) is 30.3 Å². The maximum Gasteiger partial charge on any atom is 0.294 e. The normalized spacial score (nSPS) is 16.2. The van der Waals surface area contributed by atoms with Crippen LogP contribution in [0.25, 0.3) is 10.8 Å². The van der Waals surface area contributed by atoms with Gasteiger partial charge in [-0.1, -0.05) is 85.6 Å². The number of aliphatic hydroxyl groups excluding tert-OH is 1. The van der Waals surface area contributed by atoms with Crippen molar-refractivity contribution in [3.8, 4) is 5.75 Å². The van der Waals surface area contributed by atoms with Crippen LogP contribution in [0.15, 0.2) is 77.6 Å². The molecule has 0 spiro atoms. The fourth-order valence-corrected chi connectivity index (χ4v) is 6.28. The average molecular weight is 538 g/mol. The van der Waals surface area contributed by atoms with Gasteiger partial charge < -0.3 is 19.7 Å². The number of nitrogens with one attached hydrogen (secondary N) is 1. The molecule has 7 heteroatoms. The molecule has 2 fully saturated rings. The number of rotatable bonds is 10. The summed E-state index contributed by atoms with van der Waals surface area (Å²) in [7, 11) is 0. The van der Waals surface area contributed by atoms with Gasteiger partial charge in [0.1, 0.15) is 12.4 Å². The lowest BCUT2D eigenvalue weighted by atomic mass is 9.74. The van der Waals surface area contributed by atoms with Crippen molar-refractivity contribution in [3.63, 3.8) is 0 Å². The molecule has 0 radical (unpaired) electrons. The molecule has 1 amide bonds.